The van der Waals surface area contributed by atoms with Gasteiger partial charge in [-0.2, -0.15) is 0 Å². The SMILES string of the molecule is CC(C)(C)CC1CN(C(=O)NCCCCO)C(c2cccc(Cl)c2)[C@]12C(=O)Nc1cc(Cl)ccc12. The van der Waals surface area contributed by atoms with Gasteiger partial charge in [-0.15, -0.1) is 0 Å². The number of carbonyl (C=O) groups is 2. The van der Waals surface area contributed by atoms with Crippen LogP contribution in [0.5, 0.6) is 0 Å². The van der Waals surface area contributed by atoms with Crippen molar-refractivity contribution in [2.45, 2.75) is 51.5 Å². The van der Waals surface area contributed by atoms with Gasteiger partial charge in [0.25, 0.3) is 0 Å². The van der Waals surface area contributed by atoms with Crippen molar-refractivity contribution in [3.63, 3.8) is 0 Å². The van der Waals surface area contributed by atoms with E-state index in [1.165, 1.54) is 0 Å². The lowest BCUT2D eigenvalue weighted by Crippen LogP contribution is -2.47. The van der Waals surface area contributed by atoms with Gasteiger partial charge in [0.2, 0.25) is 5.91 Å². The molecular formula is C27H33Cl2N3O3. The van der Waals surface area contributed by atoms with Crippen LogP contribution in [0.25, 0.3) is 0 Å². The van der Waals surface area contributed by atoms with Crippen molar-refractivity contribution in [1.29, 1.82) is 0 Å². The second kappa shape index (κ2) is 10.00. The molecular weight excluding hydrogens is 485 g/mol. The van der Waals surface area contributed by atoms with Crippen LogP contribution in [0.1, 0.15) is 57.2 Å². The van der Waals surface area contributed by atoms with Crippen LogP contribution in [0, 0.1) is 11.3 Å². The fourth-order valence-electron chi connectivity index (χ4n) is 5.78. The van der Waals surface area contributed by atoms with Gasteiger partial charge in [-0.05, 0) is 66.0 Å². The summed E-state index contributed by atoms with van der Waals surface area (Å²) in [5.41, 5.74) is 1.32. The lowest BCUT2D eigenvalue weighted by atomic mass is 9.63. The predicted octanol–water partition coefficient (Wildman–Crippen LogP) is 5.77. The zero-order chi connectivity index (χ0) is 25.4. The lowest BCUT2D eigenvalue weighted by Gasteiger charge is -2.38. The van der Waals surface area contributed by atoms with Gasteiger partial charge in [0, 0.05) is 35.4 Å². The van der Waals surface area contributed by atoms with E-state index in [0.717, 1.165) is 17.5 Å². The third-order valence-corrected chi connectivity index (χ3v) is 7.47. The number of anilines is 1. The number of rotatable bonds is 6. The van der Waals surface area contributed by atoms with Gasteiger partial charge in [0.15, 0.2) is 0 Å². The molecule has 3 N–H and O–H groups in total. The van der Waals surface area contributed by atoms with Crippen molar-refractivity contribution in [2.24, 2.45) is 11.3 Å². The van der Waals surface area contributed by atoms with Gasteiger partial charge in [-0.25, -0.2) is 4.79 Å². The molecule has 3 amide bonds. The maximum atomic E-state index is 14.0. The number of urea groups is 1. The average molecular weight is 518 g/mol. The summed E-state index contributed by atoms with van der Waals surface area (Å²) in [6.07, 6.45) is 2.04. The maximum absolute atomic E-state index is 14.0. The average Bonchev–Trinajstić information content (AvgIpc) is 3.25. The summed E-state index contributed by atoms with van der Waals surface area (Å²) in [5.74, 6) is -0.248. The smallest absolute Gasteiger partial charge is 0.317 e. The molecule has 6 nitrogen and oxygen atoms in total. The van der Waals surface area contributed by atoms with Gasteiger partial charge < -0.3 is 20.6 Å². The summed E-state index contributed by atoms with van der Waals surface area (Å²) in [6, 6.07) is 12.2. The Labute approximate surface area is 217 Å². The first-order valence-electron chi connectivity index (χ1n) is 12.1. The Morgan fingerprint density at radius 1 is 1.17 bits per heavy atom. The molecule has 2 aromatic rings. The molecule has 2 aliphatic rings. The van der Waals surface area contributed by atoms with Gasteiger partial charge in [-0.3, -0.25) is 4.79 Å². The normalized spacial score (nSPS) is 23.5. The van der Waals surface area contributed by atoms with Crippen LogP contribution in [-0.4, -0.2) is 41.6 Å². The summed E-state index contributed by atoms with van der Waals surface area (Å²) in [4.78, 5) is 29.4. The van der Waals surface area contributed by atoms with Crippen LogP contribution in [-0.2, 0) is 10.2 Å². The molecule has 35 heavy (non-hydrogen) atoms. The molecule has 2 aromatic carbocycles. The fourth-order valence-corrected chi connectivity index (χ4v) is 6.15. The highest BCUT2D eigenvalue weighted by Gasteiger charge is 2.64. The zero-order valence-electron chi connectivity index (χ0n) is 20.4. The first-order valence-corrected chi connectivity index (χ1v) is 12.9. The third-order valence-electron chi connectivity index (χ3n) is 7.00. The minimum atomic E-state index is -0.986. The van der Waals surface area contributed by atoms with E-state index in [0.29, 0.717) is 41.7 Å². The van der Waals surface area contributed by atoms with Crippen molar-refractivity contribution in [3.05, 3.63) is 63.6 Å². The maximum Gasteiger partial charge on any atom is 0.317 e. The second-order valence-electron chi connectivity index (χ2n) is 10.7. The second-order valence-corrected chi connectivity index (χ2v) is 11.6. The van der Waals surface area contributed by atoms with Crippen molar-refractivity contribution in [1.82, 2.24) is 10.2 Å². The largest absolute Gasteiger partial charge is 0.396 e. The standard InChI is InChI=1S/C27H33Cl2N3O3/c1-26(2,3)15-18-16-32(25(35)30-11-4-5-12-33)23(17-7-6-8-19(28)13-17)27(18)21-10-9-20(29)14-22(21)31-24(27)34/h6-10,13-14,18,23,33H,4-5,11-12,15-16H2,1-3H3,(H,30,35)(H,31,34)/t18?,23?,27-/m0/s1. The van der Waals surface area contributed by atoms with Crippen LogP contribution in [0.15, 0.2) is 42.5 Å². The van der Waals surface area contributed by atoms with E-state index in [9.17, 15) is 9.59 Å². The number of fused-ring (bicyclic) bond motifs is 2. The predicted molar refractivity (Wildman–Crippen MR) is 140 cm³/mol. The number of likely N-dealkylation sites (tertiary alicyclic amines) is 1. The topological polar surface area (TPSA) is 81.7 Å². The van der Waals surface area contributed by atoms with Gasteiger partial charge in [0.1, 0.15) is 5.41 Å². The van der Waals surface area contributed by atoms with E-state index >= 15 is 0 Å². The van der Waals surface area contributed by atoms with Gasteiger partial charge in [-0.1, -0.05) is 62.2 Å². The fraction of sp³-hybridized carbons (Fsp3) is 0.481. The first-order chi connectivity index (χ1) is 16.6. The quantitative estimate of drug-likeness (QED) is 0.425. The Kier molecular flexibility index (Phi) is 7.37. The highest BCUT2D eigenvalue weighted by Crippen LogP contribution is 2.59. The third kappa shape index (κ3) is 4.89. The molecule has 188 valence electrons. The zero-order valence-corrected chi connectivity index (χ0v) is 21.9. The highest BCUT2D eigenvalue weighted by molar-refractivity contribution is 6.31. The number of carbonyl (C=O) groups excluding carboxylic acids is 2. The first kappa shape index (κ1) is 25.8. The Morgan fingerprint density at radius 3 is 2.60 bits per heavy atom. The minimum Gasteiger partial charge on any atom is -0.396 e. The summed E-state index contributed by atoms with van der Waals surface area (Å²) in [6.45, 7) is 7.43. The summed E-state index contributed by atoms with van der Waals surface area (Å²) in [5, 5.41) is 16.3. The number of aliphatic hydroxyl groups excluding tert-OH is 1. The number of hydrogen-bond donors (Lipinski definition) is 3. The van der Waals surface area contributed by atoms with Gasteiger partial charge in [0.05, 0.1) is 6.04 Å². The molecule has 2 aliphatic heterocycles. The number of halogens is 2. The molecule has 1 fully saturated rings. The number of amides is 3. The van der Waals surface area contributed by atoms with Crippen LogP contribution in [0.3, 0.4) is 0 Å². The Morgan fingerprint density at radius 2 is 1.91 bits per heavy atom. The number of unbranched alkanes of at least 4 members (excludes halogenated alkanes) is 1. The number of nitrogens with zero attached hydrogens (tertiary/aromatic N) is 1. The molecule has 0 bridgehead atoms. The monoisotopic (exact) mass is 517 g/mol. The van der Waals surface area contributed by atoms with E-state index in [1.54, 1.807) is 17.0 Å². The Hall–Kier alpha value is -2.28. The molecule has 3 atom stereocenters. The number of benzene rings is 2. The van der Waals surface area contributed by atoms with Gasteiger partial charge >= 0.3 is 6.03 Å². The van der Waals surface area contributed by atoms with E-state index in [2.05, 4.69) is 31.4 Å². The molecule has 0 radical (unpaired) electrons. The van der Waals surface area contributed by atoms with Crippen LogP contribution >= 0.6 is 23.2 Å². The van der Waals surface area contributed by atoms with Crippen molar-refractivity contribution >= 4 is 40.8 Å². The van der Waals surface area contributed by atoms with Crippen molar-refractivity contribution in [2.75, 3.05) is 25.0 Å². The molecule has 2 unspecified atom stereocenters. The Balaban J connectivity index is 1.88. The van der Waals surface area contributed by atoms with E-state index in [-0.39, 0.29) is 29.9 Å². The lowest BCUT2D eigenvalue weighted by molar-refractivity contribution is -0.123. The summed E-state index contributed by atoms with van der Waals surface area (Å²) in [7, 11) is 0. The summed E-state index contributed by atoms with van der Waals surface area (Å²) < 4.78 is 0. The number of hydrogen-bond acceptors (Lipinski definition) is 3. The molecule has 8 heteroatoms. The molecule has 0 aliphatic carbocycles. The van der Waals surface area contributed by atoms with Crippen LogP contribution in [0.4, 0.5) is 10.5 Å². The Bertz CT molecular complexity index is 1120. The molecule has 4 rings (SSSR count). The highest BCUT2D eigenvalue weighted by atomic mass is 35.5. The van der Waals surface area contributed by atoms with Crippen LogP contribution in [0.2, 0.25) is 10.0 Å². The summed E-state index contributed by atoms with van der Waals surface area (Å²) >= 11 is 12.7. The number of aliphatic hydroxyl groups is 1. The van der Waals surface area contributed by atoms with E-state index < -0.39 is 11.5 Å². The molecule has 1 saturated heterocycles. The van der Waals surface area contributed by atoms with Crippen molar-refractivity contribution < 1.29 is 14.7 Å². The molecule has 0 aromatic heterocycles. The van der Waals surface area contributed by atoms with Crippen LogP contribution < -0.4 is 10.6 Å². The van der Waals surface area contributed by atoms with E-state index in [4.69, 9.17) is 28.3 Å². The van der Waals surface area contributed by atoms with E-state index in [1.807, 2.05) is 30.3 Å². The number of nitrogens with one attached hydrogen (secondary N) is 2. The molecule has 2 heterocycles. The molecule has 1 spiro atoms. The molecule has 0 saturated carbocycles. The minimum absolute atomic E-state index is 0.0698. The van der Waals surface area contributed by atoms with Crippen molar-refractivity contribution in [3.8, 4) is 0 Å².